The molecule has 1 N–H and O–H groups in total. The van der Waals surface area contributed by atoms with Crippen LogP contribution in [0, 0.1) is 10.8 Å². The minimum atomic E-state index is 0.0789. The topological polar surface area (TPSA) is 23.9 Å². The van der Waals surface area contributed by atoms with Crippen LogP contribution >= 0.6 is 11.8 Å². The number of allylic oxidation sites excluding steroid dienone is 1. The van der Waals surface area contributed by atoms with Gasteiger partial charge in [-0.1, -0.05) is 19.4 Å². The van der Waals surface area contributed by atoms with Gasteiger partial charge in [0, 0.05) is 22.6 Å². The molecule has 1 fully saturated rings. The Morgan fingerprint density at radius 2 is 2.00 bits per heavy atom. The van der Waals surface area contributed by atoms with Crippen molar-refractivity contribution >= 4 is 17.5 Å². The van der Waals surface area contributed by atoms with Gasteiger partial charge in [-0.2, -0.15) is 11.8 Å². The maximum Gasteiger partial charge on any atom is 0.0418 e. The van der Waals surface area contributed by atoms with E-state index in [0.29, 0.717) is 0 Å². The van der Waals surface area contributed by atoms with Gasteiger partial charge >= 0.3 is 0 Å². The first kappa shape index (κ1) is 9.85. The lowest BCUT2D eigenvalue weighted by atomic mass is 9.84. The van der Waals surface area contributed by atoms with E-state index < -0.39 is 0 Å². The van der Waals surface area contributed by atoms with E-state index in [2.05, 4.69) is 27.7 Å². The van der Waals surface area contributed by atoms with Gasteiger partial charge in [-0.3, -0.25) is 0 Å². The molecule has 1 rings (SSSR count). The quantitative estimate of drug-likeness (QED) is 0.613. The van der Waals surface area contributed by atoms with Crippen LogP contribution in [0.1, 0.15) is 27.7 Å². The zero-order chi connectivity index (χ0) is 9.35. The number of rotatable bonds is 0. The normalized spacial score (nSPS) is 22.7. The first-order valence-corrected chi connectivity index (χ1v) is 5.44. The van der Waals surface area contributed by atoms with Gasteiger partial charge in [0.25, 0.3) is 0 Å². The highest BCUT2D eigenvalue weighted by molar-refractivity contribution is 7.99. The zero-order valence-electron chi connectivity index (χ0n) is 8.32. The van der Waals surface area contributed by atoms with E-state index in [9.17, 15) is 0 Å². The van der Waals surface area contributed by atoms with Crippen LogP contribution in [0.25, 0.3) is 0 Å². The predicted octanol–water partition coefficient (Wildman–Crippen LogP) is 3.12. The van der Waals surface area contributed by atoms with Gasteiger partial charge in [-0.25, -0.2) is 0 Å². The molecule has 0 radical (unpaired) electrons. The van der Waals surface area contributed by atoms with Crippen molar-refractivity contribution in [2.24, 2.45) is 5.41 Å². The van der Waals surface area contributed by atoms with Crippen molar-refractivity contribution in [1.82, 2.24) is 0 Å². The molecule has 1 aliphatic heterocycles. The molecule has 1 saturated heterocycles. The summed E-state index contributed by atoms with van der Waals surface area (Å²) in [5.74, 6) is 2.12. The molecule has 1 heterocycles. The number of thioether (sulfide) groups is 1. The SMILES string of the molecule is CC(C)=C1CSCC(C)(C)C1=N. The minimum absolute atomic E-state index is 0.0789. The van der Waals surface area contributed by atoms with Gasteiger partial charge in [-0.15, -0.1) is 0 Å². The second kappa shape index (κ2) is 3.25. The van der Waals surface area contributed by atoms with Crippen molar-refractivity contribution in [3.8, 4) is 0 Å². The van der Waals surface area contributed by atoms with Crippen LogP contribution in [0.4, 0.5) is 0 Å². The van der Waals surface area contributed by atoms with E-state index in [4.69, 9.17) is 5.41 Å². The standard InChI is InChI=1S/C10H17NS/c1-7(2)8-5-12-6-10(3,4)9(8)11/h11H,5-6H2,1-4H3. The van der Waals surface area contributed by atoms with Gasteiger partial charge in [0.15, 0.2) is 0 Å². The highest BCUT2D eigenvalue weighted by atomic mass is 32.2. The monoisotopic (exact) mass is 183 g/mol. The van der Waals surface area contributed by atoms with Crippen LogP contribution in [-0.4, -0.2) is 17.2 Å². The summed E-state index contributed by atoms with van der Waals surface area (Å²) in [6, 6.07) is 0. The van der Waals surface area contributed by atoms with E-state index in [1.165, 1.54) is 11.1 Å². The Labute approximate surface area is 79.1 Å². The maximum absolute atomic E-state index is 8.01. The summed E-state index contributed by atoms with van der Waals surface area (Å²) in [6.45, 7) is 8.52. The van der Waals surface area contributed by atoms with Gasteiger partial charge in [0.05, 0.1) is 0 Å². The summed E-state index contributed by atoms with van der Waals surface area (Å²) in [6.07, 6.45) is 0. The van der Waals surface area contributed by atoms with Crippen molar-refractivity contribution in [2.45, 2.75) is 27.7 Å². The van der Waals surface area contributed by atoms with Crippen LogP contribution in [0.3, 0.4) is 0 Å². The summed E-state index contributed by atoms with van der Waals surface area (Å²) in [5.41, 5.74) is 3.49. The first-order chi connectivity index (χ1) is 5.45. The molecular weight excluding hydrogens is 166 g/mol. The summed E-state index contributed by atoms with van der Waals surface area (Å²) in [7, 11) is 0. The summed E-state index contributed by atoms with van der Waals surface area (Å²) < 4.78 is 0. The van der Waals surface area contributed by atoms with E-state index in [1.54, 1.807) is 0 Å². The Hall–Kier alpha value is -0.240. The third-order valence-corrected chi connectivity index (χ3v) is 3.71. The van der Waals surface area contributed by atoms with Crippen molar-refractivity contribution in [3.05, 3.63) is 11.1 Å². The maximum atomic E-state index is 8.01. The van der Waals surface area contributed by atoms with Crippen LogP contribution in [0.5, 0.6) is 0 Å². The lowest BCUT2D eigenvalue weighted by Crippen LogP contribution is -2.33. The molecule has 0 amide bonds. The molecule has 2 heteroatoms. The molecule has 12 heavy (non-hydrogen) atoms. The molecule has 1 nitrogen and oxygen atoms in total. The fourth-order valence-electron chi connectivity index (χ4n) is 1.36. The zero-order valence-corrected chi connectivity index (χ0v) is 9.14. The Morgan fingerprint density at radius 3 is 2.42 bits per heavy atom. The van der Waals surface area contributed by atoms with E-state index in [1.807, 2.05) is 11.8 Å². The molecule has 68 valence electrons. The lowest BCUT2D eigenvalue weighted by Gasteiger charge is -2.32. The van der Waals surface area contributed by atoms with Gasteiger partial charge in [0.2, 0.25) is 0 Å². The molecule has 0 spiro atoms. The van der Waals surface area contributed by atoms with Crippen LogP contribution in [0.15, 0.2) is 11.1 Å². The van der Waals surface area contributed by atoms with Crippen molar-refractivity contribution < 1.29 is 0 Å². The second-order valence-corrected chi connectivity index (χ2v) is 5.22. The van der Waals surface area contributed by atoms with Crippen LogP contribution < -0.4 is 0 Å². The fourth-order valence-corrected chi connectivity index (χ4v) is 2.75. The second-order valence-electron chi connectivity index (χ2n) is 4.23. The average Bonchev–Trinajstić information content (AvgIpc) is 1.94. The summed E-state index contributed by atoms with van der Waals surface area (Å²) in [4.78, 5) is 0. The van der Waals surface area contributed by atoms with Gasteiger partial charge < -0.3 is 5.41 Å². The predicted molar refractivity (Wildman–Crippen MR) is 57.2 cm³/mol. The van der Waals surface area contributed by atoms with E-state index in [-0.39, 0.29) is 5.41 Å². The van der Waals surface area contributed by atoms with Gasteiger partial charge in [-0.05, 0) is 19.4 Å². The molecule has 0 aromatic heterocycles. The number of hydrogen-bond donors (Lipinski definition) is 1. The van der Waals surface area contributed by atoms with Crippen molar-refractivity contribution in [2.75, 3.05) is 11.5 Å². The molecule has 0 aromatic carbocycles. The molecular formula is C10H17NS. The third-order valence-electron chi connectivity index (χ3n) is 2.29. The molecule has 0 aromatic rings. The largest absolute Gasteiger partial charge is 0.304 e. The Morgan fingerprint density at radius 1 is 1.42 bits per heavy atom. The molecule has 1 aliphatic rings. The van der Waals surface area contributed by atoms with Crippen LogP contribution in [0.2, 0.25) is 0 Å². The highest BCUT2D eigenvalue weighted by Gasteiger charge is 2.30. The Kier molecular flexibility index (Phi) is 2.67. The molecule has 0 aliphatic carbocycles. The van der Waals surface area contributed by atoms with Crippen LogP contribution in [-0.2, 0) is 0 Å². The molecule has 0 unspecified atom stereocenters. The van der Waals surface area contributed by atoms with E-state index in [0.717, 1.165) is 17.2 Å². The van der Waals surface area contributed by atoms with E-state index >= 15 is 0 Å². The highest BCUT2D eigenvalue weighted by Crippen LogP contribution is 2.34. The summed E-state index contributed by atoms with van der Waals surface area (Å²) in [5, 5.41) is 8.01. The fraction of sp³-hybridized carbons (Fsp3) is 0.700. The molecule has 0 bridgehead atoms. The Balaban J connectivity index is 2.96. The lowest BCUT2D eigenvalue weighted by molar-refractivity contribution is 0.595. The molecule has 0 saturated carbocycles. The minimum Gasteiger partial charge on any atom is -0.304 e. The molecule has 0 atom stereocenters. The van der Waals surface area contributed by atoms with Gasteiger partial charge in [0.1, 0.15) is 0 Å². The summed E-state index contributed by atoms with van der Waals surface area (Å²) >= 11 is 1.94. The number of hydrogen-bond acceptors (Lipinski definition) is 2. The average molecular weight is 183 g/mol. The Bertz CT molecular complexity index is 234. The first-order valence-electron chi connectivity index (χ1n) is 4.28. The number of nitrogens with one attached hydrogen (secondary N) is 1. The van der Waals surface area contributed by atoms with Crippen molar-refractivity contribution in [3.63, 3.8) is 0 Å². The van der Waals surface area contributed by atoms with Crippen molar-refractivity contribution in [1.29, 1.82) is 5.41 Å². The smallest absolute Gasteiger partial charge is 0.0418 e. The third kappa shape index (κ3) is 1.74.